The molecule has 2 amide bonds. The van der Waals surface area contributed by atoms with E-state index in [0.29, 0.717) is 10.6 Å². The third-order valence-electron chi connectivity index (χ3n) is 3.45. The monoisotopic (exact) mass is 298 g/mol. The van der Waals surface area contributed by atoms with E-state index in [1.54, 1.807) is 6.92 Å². The molecule has 2 rings (SSSR count). The SMILES string of the molecule is Cc1sc(NC(=O)NOC2CCCC2)c(C(=O)O)c1C. The molecule has 1 aliphatic rings. The number of thiophene rings is 1. The van der Waals surface area contributed by atoms with Crippen molar-refractivity contribution in [3.05, 3.63) is 16.0 Å². The van der Waals surface area contributed by atoms with Gasteiger partial charge in [-0.2, -0.15) is 0 Å². The molecule has 1 heterocycles. The molecule has 0 saturated heterocycles. The fourth-order valence-electron chi connectivity index (χ4n) is 2.24. The van der Waals surface area contributed by atoms with Crippen LogP contribution in [-0.4, -0.2) is 23.2 Å². The molecule has 1 fully saturated rings. The number of urea groups is 1. The molecule has 1 aliphatic carbocycles. The standard InChI is InChI=1S/C13H18N2O4S/c1-7-8(2)20-11(10(7)12(16)17)14-13(18)15-19-9-5-3-4-6-9/h9H,3-6H2,1-2H3,(H,16,17)(H2,14,15,18). The van der Waals surface area contributed by atoms with Gasteiger partial charge < -0.3 is 5.11 Å². The van der Waals surface area contributed by atoms with E-state index in [-0.39, 0.29) is 11.7 Å². The lowest BCUT2D eigenvalue weighted by Gasteiger charge is -2.11. The first kappa shape index (κ1) is 14.8. The average Bonchev–Trinajstić information content (AvgIpc) is 2.96. The summed E-state index contributed by atoms with van der Waals surface area (Å²) in [4.78, 5) is 29.1. The topological polar surface area (TPSA) is 87.7 Å². The first-order valence-corrected chi connectivity index (χ1v) is 7.36. The summed E-state index contributed by atoms with van der Waals surface area (Å²) in [5.41, 5.74) is 3.15. The Bertz CT molecular complexity index is 521. The van der Waals surface area contributed by atoms with Crippen molar-refractivity contribution in [1.82, 2.24) is 5.48 Å². The van der Waals surface area contributed by atoms with Gasteiger partial charge in [-0.15, -0.1) is 11.3 Å². The zero-order valence-electron chi connectivity index (χ0n) is 11.5. The highest BCUT2D eigenvalue weighted by atomic mass is 32.1. The average molecular weight is 298 g/mol. The van der Waals surface area contributed by atoms with Gasteiger partial charge in [0.2, 0.25) is 0 Å². The Morgan fingerprint density at radius 1 is 1.30 bits per heavy atom. The van der Waals surface area contributed by atoms with E-state index in [0.717, 1.165) is 30.6 Å². The predicted molar refractivity (Wildman–Crippen MR) is 76.2 cm³/mol. The molecule has 110 valence electrons. The summed E-state index contributed by atoms with van der Waals surface area (Å²) in [6.45, 7) is 3.55. The summed E-state index contributed by atoms with van der Waals surface area (Å²) < 4.78 is 0. The van der Waals surface area contributed by atoms with Gasteiger partial charge in [0.25, 0.3) is 0 Å². The molecule has 1 saturated carbocycles. The molecule has 3 N–H and O–H groups in total. The molecule has 0 atom stereocenters. The molecule has 0 radical (unpaired) electrons. The summed E-state index contributed by atoms with van der Waals surface area (Å²) in [5.74, 6) is -1.04. The highest BCUT2D eigenvalue weighted by Crippen LogP contribution is 2.32. The Morgan fingerprint density at radius 3 is 2.55 bits per heavy atom. The van der Waals surface area contributed by atoms with E-state index in [1.165, 1.54) is 11.3 Å². The highest BCUT2D eigenvalue weighted by Gasteiger charge is 2.21. The van der Waals surface area contributed by atoms with Gasteiger partial charge in [-0.1, -0.05) is 12.8 Å². The van der Waals surface area contributed by atoms with Crippen molar-refractivity contribution in [3.8, 4) is 0 Å². The Kier molecular flexibility index (Phi) is 4.61. The minimum Gasteiger partial charge on any atom is -0.478 e. The number of hydrogen-bond acceptors (Lipinski definition) is 4. The van der Waals surface area contributed by atoms with Crippen molar-refractivity contribution >= 4 is 28.3 Å². The van der Waals surface area contributed by atoms with Crippen molar-refractivity contribution in [1.29, 1.82) is 0 Å². The van der Waals surface area contributed by atoms with Crippen LogP contribution in [0.25, 0.3) is 0 Å². The number of carbonyl (C=O) groups is 2. The van der Waals surface area contributed by atoms with Crippen LogP contribution in [0.2, 0.25) is 0 Å². The van der Waals surface area contributed by atoms with E-state index >= 15 is 0 Å². The van der Waals surface area contributed by atoms with Crippen LogP contribution < -0.4 is 10.8 Å². The maximum atomic E-state index is 11.7. The van der Waals surface area contributed by atoms with E-state index in [9.17, 15) is 14.7 Å². The summed E-state index contributed by atoms with van der Waals surface area (Å²) in [6.07, 6.45) is 4.17. The van der Waals surface area contributed by atoms with E-state index < -0.39 is 12.0 Å². The minimum atomic E-state index is -1.04. The molecule has 0 aliphatic heterocycles. The van der Waals surface area contributed by atoms with Crippen molar-refractivity contribution in [3.63, 3.8) is 0 Å². The van der Waals surface area contributed by atoms with Crippen molar-refractivity contribution in [2.24, 2.45) is 0 Å². The second-order valence-corrected chi connectivity index (χ2v) is 6.10. The first-order chi connectivity index (χ1) is 9.49. The Morgan fingerprint density at radius 2 is 1.95 bits per heavy atom. The van der Waals surface area contributed by atoms with Crippen molar-refractivity contribution < 1.29 is 19.5 Å². The maximum Gasteiger partial charge on any atom is 0.343 e. The predicted octanol–water partition coefficient (Wildman–Crippen LogP) is 3.06. The van der Waals surface area contributed by atoms with Gasteiger partial charge in [0.15, 0.2) is 0 Å². The van der Waals surface area contributed by atoms with Gasteiger partial charge in [0.1, 0.15) is 5.00 Å². The van der Waals surface area contributed by atoms with Gasteiger partial charge in [0, 0.05) is 4.88 Å². The van der Waals surface area contributed by atoms with E-state index in [2.05, 4.69) is 10.8 Å². The molecule has 0 bridgehead atoms. The normalized spacial score (nSPS) is 15.3. The molecular formula is C13H18N2O4S. The first-order valence-electron chi connectivity index (χ1n) is 6.55. The van der Waals surface area contributed by atoms with Crippen LogP contribution in [-0.2, 0) is 4.84 Å². The van der Waals surface area contributed by atoms with Gasteiger partial charge in [0.05, 0.1) is 11.7 Å². The summed E-state index contributed by atoms with van der Waals surface area (Å²) in [7, 11) is 0. The van der Waals surface area contributed by atoms with Gasteiger partial charge in [-0.25, -0.2) is 15.1 Å². The Hall–Kier alpha value is -1.60. The number of amides is 2. The molecule has 20 heavy (non-hydrogen) atoms. The van der Waals surface area contributed by atoms with Crippen LogP contribution in [0.1, 0.15) is 46.5 Å². The van der Waals surface area contributed by atoms with Gasteiger partial charge >= 0.3 is 12.0 Å². The number of carboxylic acids is 1. The highest BCUT2D eigenvalue weighted by molar-refractivity contribution is 7.16. The number of nitrogens with one attached hydrogen (secondary N) is 2. The fourth-order valence-corrected chi connectivity index (χ4v) is 3.29. The lowest BCUT2D eigenvalue weighted by atomic mass is 10.1. The number of aryl methyl sites for hydroxylation is 1. The molecular weight excluding hydrogens is 280 g/mol. The zero-order chi connectivity index (χ0) is 14.7. The van der Waals surface area contributed by atoms with Crippen LogP contribution in [0, 0.1) is 13.8 Å². The number of hydrogen-bond donors (Lipinski definition) is 3. The summed E-state index contributed by atoms with van der Waals surface area (Å²) in [6, 6.07) is -0.541. The Balaban J connectivity index is 1.96. The van der Waals surface area contributed by atoms with Crippen LogP contribution in [0.5, 0.6) is 0 Å². The second kappa shape index (κ2) is 6.23. The lowest BCUT2D eigenvalue weighted by molar-refractivity contribution is 0.00337. The van der Waals surface area contributed by atoms with Crippen LogP contribution in [0.3, 0.4) is 0 Å². The summed E-state index contributed by atoms with van der Waals surface area (Å²) >= 11 is 1.25. The lowest BCUT2D eigenvalue weighted by Crippen LogP contribution is -2.32. The zero-order valence-corrected chi connectivity index (χ0v) is 12.3. The van der Waals surface area contributed by atoms with Crippen molar-refractivity contribution in [2.45, 2.75) is 45.6 Å². The second-order valence-electron chi connectivity index (χ2n) is 4.87. The largest absolute Gasteiger partial charge is 0.478 e. The third kappa shape index (κ3) is 3.29. The van der Waals surface area contributed by atoms with Crippen LogP contribution in [0.15, 0.2) is 0 Å². The number of rotatable bonds is 4. The molecule has 6 nitrogen and oxygen atoms in total. The Labute approximate surface area is 121 Å². The molecule has 0 unspecified atom stereocenters. The number of aromatic carboxylic acids is 1. The van der Waals surface area contributed by atoms with Crippen molar-refractivity contribution in [2.75, 3.05) is 5.32 Å². The number of carboxylic acid groups (broad SMARTS) is 1. The fraction of sp³-hybridized carbons (Fsp3) is 0.538. The van der Waals surface area contributed by atoms with Crippen LogP contribution in [0.4, 0.5) is 9.80 Å². The smallest absolute Gasteiger partial charge is 0.343 e. The minimum absolute atomic E-state index is 0.0616. The van der Waals surface area contributed by atoms with Gasteiger partial charge in [-0.05, 0) is 32.3 Å². The third-order valence-corrected chi connectivity index (χ3v) is 4.57. The maximum absolute atomic E-state index is 11.7. The van der Waals surface area contributed by atoms with Crippen LogP contribution >= 0.6 is 11.3 Å². The van der Waals surface area contributed by atoms with E-state index in [1.807, 2.05) is 6.92 Å². The number of anilines is 1. The quantitative estimate of drug-likeness (QED) is 0.745. The molecule has 7 heteroatoms. The van der Waals surface area contributed by atoms with E-state index in [4.69, 9.17) is 4.84 Å². The molecule has 1 aromatic rings. The molecule has 0 aromatic carbocycles. The number of hydroxylamine groups is 1. The molecule has 0 spiro atoms. The number of carbonyl (C=O) groups excluding carboxylic acids is 1. The molecule has 1 aromatic heterocycles. The summed E-state index contributed by atoms with van der Waals surface area (Å²) in [5, 5.41) is 12.1. The van der Waals surface area contributed by atoms with Gasteiger partial charge in [-0.3, -0.25) is 10.2 Å².